The fraction of sp³-hybridized carbons (Fsp3) is 0.438. The van der Waals surface area contributed by atoms with Crippen molar-refractivity contribution in [3.8, 4) is 5.69 Å². The van der Waals surface area contributed by atoms with Crippen molar-refractivity contribution in [2.24, 2.45) is 0 Å². The standard InChI is InChI=1S/C16H23N3/c1-12(2)16-17-9-10-19(16)15-7-5-14(6-8-15)11-18-13(3)4/h5-10,12-13,18H,11H2,1-4H3. The summed E-state index contributed by atoms with van der Waals surface area (Å²) in [5, 5.41) is 3.43. The Morgan fingerprint density at radius 3 is 2.37 bits per heavy atom. The predicted molar refractivity (Wildman–Crippen MR) is 79.6 cm³/mol. The summed E-state index contributed by atoms with van der Waals surface area (Å²) in [7, 11) is 0. The molecule has 0 fully saturated rings. The van der Waals surface area contributed by atoms with Crippen LogP contribution in [0.25, 0.3) is 5.69 Å². The van der Waals surface area contributed by atoms with Crippen LogP contribution in [0.15, 0.2) is 36.7 Å². The van der Waals surface area contributed by atoms with Gasteiger partial charge in [-0.1, -0.05) is 39.8 Å². The maximum atomic E-state index is 4.42. The largest absolute Gasteiger partial charge is 0.310 e. The minimum atomic E-state index is 0.428. The highest BCUT2D eigenvalue weighted by atomic mass is 15.1. The SMILES string of the molecule is CC(C)NCc1ccc(-n2ccnc2C(C)C)cc1. The minimum Gasteiger partial charge on any atom is -0.310 e. The first-order valence-corrected chi connectivity index (χ1v) is 6.94. The zero-order chi connectivity index (χ0) is 13.8. The molecule has 0 unspecified atom stereocenters. The van der Waals surface area contributed by atoms with E-state index in [2.05, 4.69) is 66.8 Å². The molecule has 0 radical (unpaired) electrons. The number of hydrogen-bond acceptors (Lipinski definition) is 2. The number of nitrogens with zero attached hydrogens (tertiary/aromatic N) is 2. The maximum absolute atomic E-state index is 4.42. The van der Waals surface area contributed by atoms with E-state index in [1.165, 1.54) is 11.3 Å². The van der Waals surface area contributed by atoms with Crippen LogP contribution in [-0.4, -0.2) is 15.6 Å². The third kappa shape index (κ3) is 3.44. The van der Waals surface area contributed by atoms with E-state index in [0.29, 0.717) is 12.0 Å². The fourth-order valence-corrected chi connectivity index (χ4v) is 2.06. The van der Waals surface area contributed by atoms with E-state index in [-0.39, 0.29) is 0 Å². The fourth-order valence-electron chi connectivity index (χ4n) is 2.06. The average Bonchev–Trinajstić information content (AvgIpc) is 2.86. The molecule has 3 nitrogen and oxygen atoms in total. The molecule has 0 aliphatic heterocycles. The van der Waals surface area contributed by atoms with Crippen molar-refractivity contribution in [2.75, 3.05) is 0 Å². The molecular weight excluding hydrogens is 234 g/mol. The molecule has 0 saturated heterocycles. The first-order valence-electron chi connectivity index (χ1n) is 6.94. The van der Waals surface area contributed by atoms with Gasteiger partial charge in [0.2, 0.25) is 0 Å². The van der Waals surface area contributed by atoms with Crippen molar-refractivity contribution in [3.05, 3.63) is 48.0 Å². The molecule has 0 aliphatic rings. The molecule has 1 N–H and O–H groups in total. The summed E-state index contributed by atoms with van der Waals surface area (Å²) >= 11 is 0. The normalized spacial score (nSPS) is 11.5. The average molecular weight is 257 g/mol. The van der Waals surface area contributed by atoms with Crippen LogP contribution in [0.4, 0.5) is 0 Å². The van der Waals surface area contributed by atoms with Gasteiger partial charge in [0.05, 0.1) is 0 Å². The molecule has 19 heavy (non-hydrogen) atoms. The zero-order valence-electron chi connectivity index (χ0n) is 12.2. The topological polar surface area (TPSA) is 29.9 Å². The van der Waals surface area contributed by atoms with Crippen LogP contribution in [0, 0.1) is 0 Å². The third-order valence-electron chi connectivity index (χ3n) is 3.11. The molecule has 2 aromatic rings. The second-order valence-electron chi connectivity index (χ2n) is 5.51. The van der Waals surface area contributed by atoms with E-state index in [1.807, 2.05) is 12.4 Å². The summed E-state index contributed by atoms with van der Waals surface area (Å²) in [4.78, 5) is 4.42. The van der Waals surface area contributed by atoms with Crippen LogP contribution in [-0.2, 0) is 6.54 Å². The summed E-state index contributed by atoms with van der Waals surface area (Å²) in [5.74, 6) is 1.53. The quantitative estimate of drug-likeness (QED) is 0.888. The summed E-state index contributed by atoms with van der Waals surface area (Å²) in [6.45, 7) is 9.57. The third-order valence-corrected chi connectivity index (χ3v) is 3.11. The molecule has 0 aliphatic carbocycles. The lowest BCUT2D eigenvalue weighted by molar-refractivity contribution is 0.589. The number of hydrogen-bond donors (Lipinski definition) is 1. The molecule has 0 saturated carbocycles. The minimum absolute atomic E-state index is 0.428. The highest BCUT2D eigenvalue weighted by molar-refractivity contribution is 5.36. The summed E-state index contributed by atoms with van der Waals surface area (Å²) in [5.41, 5.74) is 2.48. The monoisotopic (exact) mass is 257 g/mol. The highest BCUT2D eigenvalue weighted by Gasteiger charge is 2.08. The molecule has 0 bridgehead atoms. The van der Waals surface area contributed by atoms with Crippen LogP contribution >= 0.6 is 0 Å². The van der Waals surface area contributed by atoms with Gasteiger partial charge in [-0.2, -0.15) is 0 Å². The van der Waals surface area contributed by atoms with E-state index in [4.69, 9.17) is 0 Å². The number of aromatic nitrogens is 2. The van der Waals surface area contributed by atoms with Crippen molar-refractivity contribution in [3.63, 3.8) is 0 Å². The van der Waals surface area contributed by atoms with Gasteiger partial charge in [0, 0.05) is 36.6 Å². The first-order chi connectivity index (χ1) is 9.08. The van der Waals surface area contributed by atoms with Crippen molar-refractivity contribution in [2.45, 2.75) is 46.2 Å². The van der Waals surface area contributed by atoms with Crippen molar-refractivity contribution < 1.29 is 0 Å². The van der Waals surface area contributed by atoms with Gasteiger partial charge in [0.1, 0.15) is 5.82 Å². The molecule has 0 atom stereocenters. The van der Waals surface area contributed by atoms with Gasteiger partial charge in [-0.25, -0.2) is 4.98 Å². The van der Waals surface area contributed by atoms with Gasteiger partial charge in [0.15, 0.2) is 0 Å². The van der Waals surface area contributed by atoms with Crippen molar-refractivity contribution in [1.82, 2.24) is 14.9 Å². The zero-order valence-corrected chi connectivity index (χ0v) is 12.2. The Morgan fingerprint density at radius 2 is 1.79 bits per heavy atom. The van der Waals surface area contributed by atoms with Crippen LogP contribution in [0.3, 0.4) is 0 Å². The van der Waals surface area contributed by atoms with E-state index in [9.17, 15) is 0 Å². The van der Waals surface area contributed by atoms with Crippen molar-refractivity contribution in [1.29, 1.82) is 0 Å². The van der Waals surface area contributed by atoms with Crippen molar-refractivity contribution >= 4 is 0 Å². The van der Waals surface area contributed by atoms with Gasteiger partial charge in [-0.05, 0) is 17.7 Å². The number of nitrogens with one attached hydrogen (secondary N) is 1. The lowest BCUT2D eigenvalue weighted by atomic mass is 10.1. The number of imidazole rings is 1. The number of rotatable bonds is 5. The van der Waals surface area contributed by atoms with Crippen LogP contribution in [0.1, 0.15) is 45.0 Å². The van der Waals surface area contributed by atoms with Crippen LogP contribution < -0.4 is 5.32 Å². The Hall–Kier alpha value is -1.61. The first kappa shape index (κ1) is 13.8. The lowest BCUT2D eigenvalue weighted by Gasteiger charge is -2.12. The predicted octanol–water partition coefficient (Wildman–Crippen LogP) is 3.49. The van der Waals surface area contributed by atoms with Crippen LogP contribution in [0.2, 0.25) is 0 Å². The second-order valence-corrected chi connectivity index (χ2v) is 5.51. The molecule has 0 spiro atoms. The Kier molecular flexibility index (Phi) is 4.38. The lowest BCUT2D eigenvalue weighted by Crippen LogP contribution is -2.21. The van der Waals surface area contributed by atoms with Gasteiger partial charge in [-0.15, -0.1) is 0 Å². The molecule has 0 amide bonds. The Morgan fingerprint density at radius 1 is 1.11 bits per heavy atom. The van der Waals surface area contributed by atoms with E-state index < -0.39 is 0 Å². The molecule has 3 heteroatoms. The molecule has 2 rings (SSSR count). The highest BCUT2D eigenvalue weighted by Crippen LogP contribution is 2.18. The summed E-state index contributed by atoms with van der Waals surface area (Å²) < 4.78 is 2.16. The van der Waals surface area contributed by atoms with E-state index in [0.717, 1.165) is 12.4 Å². The Balaban J connectivity index is 2.16. The number of benzene rings is 1. The second kappa shape index (κ2) is 6.02. The van der Waals surface area contributed by atoms with E-state index >= 15 is 0 Å². The molecule has 1 aromatic carbocycles. The summed E-state index contributed by atoms with van der Waals surface area (Å²) in [6, 6.07) is 9.18. The molecule has 1 heterocycles. The van der Waals surface area contributed by atoms with Gasteiger partial charge in [0.25, 0.3) is 0 Å². The van der Waals surface area contributed by atoms with E-state index in [1.54, 1.807) is 0 Å². The van der Waals surface area contributed by atoms with Gasteiger partial charge >= 0.3 is 0 Å². The molecule has 1 aromatic heterocycles. The Bertz CT molecular complexity index is 509. The molecule has 102 valence electrons. The van der Waals surface area contributed by atoms with Crippen LogP contribution in [0.5, 0.6) is 0 Å². The maximum Gasteiger partial charge on any atom is 0.115 e. The Labute approximate surface area is 115 Å². The summed E-state index contributed by atoms with van der Waals surface area (Å²) in [6.07, 6.45) is 3.89. The van der Waals surface area contributed by atoms with Gasteiger partial charge < -0.3 is 9.88 Å². The smallest absolute Gasteiger partial charge is 0.115 e. The van der Waals surface area contributed by atoms with Gasteiger partial charge in [-0.3, -0.25) is 0 Å². The molecular formula is C16H23N3.